The largest absolute Gasteiger partial charge is 0.460 e. The van der Waals surface area contributed by atoms with Gasteiger partial charge in [0, 0.05) is 19.0 Å². The SMILES string of the molecule is CC(F)Oc1cccc2c1CNCC2. The summed E-state index contributed by atoms with van der Waals surface area (Å²) in [5.74, 6) is 0.671. The first-order chi connectivity index (χ1) is 6.77. The minimum absolute atomic E-state index is 0.671. The van der Waals surface area contributed by atoms with Gasteiger partial charge in [0.15, 0.2) is 0 Å². The minimum atomic E-state index is -1.25. The molecule has 0 bridgehead atoms. The molecule has 1 aromatic rings. The molecule has 1 aliphatic rings. The Morgan fingerprint density at radius 2 is 2.36 bits per heavy atom. The second-order valence-electron chi connectivity index (χ2n) is 3.48. The van der Waals surface area contributed by atoms with Crippen LogP contribution < -0.4 is 10.1 Å². The van der Waals surface area contributed by atoms with Crippen molar-refractivity contribution in [2.45, 2.75) is 26.2 Å². The van der Waals surface area contributed by atoms with Gasteiger partial charge in [0.25, 0.3) is 0 Å². The summed E-state index contributed by atoms with van der Waals surface area (Å²) >= 11 is 0. The third-order valence-electron chi connectivity index (χ3n) is 2.39. The van der Waals surface area contributed by atoms with Crippen LogP contribution in [-0.4, -0.2) is 12.9 Å². The molecule has 2 nitrogen and oxygen atoms in total. The van der Waals surface area contributed by atoms with Crippen molar-refractivity contribution in [2.24, 2.45) is 0 Å². The van der Waals surface area contributed by atoms with Crippen molar-refractivity contribution < 1.29 is 9.13 Å². The molecule has 1 unspecified atom stereocenters. The second-order valence-corrected chi connectivity index (χ2v) is 3.48. The molecule has 0 aliphatic carbocycles. The van der Waals surface area contributed by atoms with Crippen LogP contribution >= 0.6 is 0 Å². The van der Waals surface area contributed by atoms with Crippen molar-refractivity contribution in [3.8, 4) is 5.75 Å². The molecule has 0 saturated carbocycles. The van der Waals surface area contributed by atoms with Gasteiger partial charge in [-0.2, -0.15) is 0 Å². The van der Waals surface area contributed by atoms with Crippen molar-refractivity contribution in [1.29, 1.82) is 0 Å². The monoisotopic (exact) mass is 195 g/mol. The summed E-state index contributed by atoms with van der Waals surface area (Å²) in [7, 11) is 0. The highest BCUT2D eigenvalue weighted by Gasteiger charge is 2.14. The molecule has 1 atom stereocenters. The van der Waals surface area contributed by atoms with Crippen LogP contribution in [0.5, 0.6) is 5.75 Å². The zero-order valence-electron chi connectivity index (χ0n) is 8.22. The van der Waals surface area contributed by atoms with E-state index in [-0.39, 0.29) is 0 Å². The van der Waals surface area contributed by atoms with Gasteiger partial charge in [0.05, 0.1) is 0 Å². The van der Waals surface area contributed by atoms with Gasteiger partial charge < -0.3 is 10.1 Å². The number of halogens is 1. The van der Waals surface area contributed by atoms with Crippen LogP contribution in [0.4, 0.5) is 4.39 Å². The highest BCUT2D eigenvalue weighted by Crippen LogP contribution is 2.25. The number of benzene rings is 1. The smallest absolute Gasteiger partial charge is 0.235 e. The van der Waals surface area contributed by atoms with E-state index in [1.165, 1.54) is 12.5 Å². The summed E-state index contributed by atoms with van der Waals surface area (Å²) in [4.78, 5) is 0. The van der Waals surface area contributed by atoms with Gasteiger partial charge in [0.1, 0.15) is 5.75 Å². The Bertz CT molecular complexity index is 325. The van der Waals surface area contributed by atoms with E-state index in [2.05, 4.69) is 11.4 Å². The van der Waals surface area contributed by atoms with E-state index in [9.17, 15) is 4.39 Å². The maximum atomic E-state index is 12.7. The topological polar surface area (TPSA) is 21.3 Å². The Morgan fingerprint density at radius 3 is 3.14 bits per heavy atom. The zero-order valence-corrected chi connectivity index (χ0v) is 8.22. The average Bonchev–Trinajstić information content (AvgIpc) is 2.18. The number of rotatable bonds is 2. The number of hydrogen-bond acceptors (Lipinski definition) is 2. The molecule has 0 amide bonds. The van der Waals surface area contributed by atoms with E-state index in [1.54, 1.807) is 0 Å². The van der Waals surface area contributed by atoms with Crippen LogP contribution in [0.3, 0.4) is 0 Å². The fourth-order valence-electron chi connectivity index (χ4n) is 1.77. The minimum Gasteiger partial charge on any atom is -0.460 e. The molecule has 2 rings (SSSR count). The standard InChI is InChI=1S/C11H14FNO/c1-8(12)14-11-4-2-3-9-5-6-13-7-10(9)11/h2-4,8,13H,5-7H2,1H3. The van der Waals surface area contributed by atoms with Gasteiger partial charge in [-0.05, 0) is 24.6 Å². The predicted octanol–water partition coefficient (Wildman–Crippen LogP) is 2.03. The lowest BCUT2D eigenvalue weighted by Crippen LogP contribution is -2.24. The highest BCUT2D eigenvalue weighted by atomic mass is 19.1. The molecular formula is C11H14FNO. The van der Waals surface area contributed by atoms with E-state index in [4.69, 9.17) is 4.74 Å². The van der Waals surface area contributed by atoms with E-state index in [0.29, 0.717) is 5.75 Å². The van der Waals surface area contributed by atoms with Crippen molar-refractivity contribution in [1.82, 2.24) is 5.32 Å². The van der Waals surface area contributed by atoms with Crippen molar-refractivity contribution >= 4 is 0 Å². The number of alkyl halides is 1. The average molecular weight is 195 g/mol. The third kappa shape index (κ3) is 1.87. The quantitative estimate of drug-likeness (QED) is 0.779. The van der Waals surface area contributed by atoms with Crippen LogP contribution in [0.2, 0.25) is 0 Å². The summed E-state index contributed by atoms with van der Waals surface area (Å²) in [6.07, 6.45) is -0.254. The lowest BCUT2D eigenvalue weighted by atomic mass is 10.0. The van der Waals surface area contributed by atoms with E-state index >= 15 is 0 Å². The molecule has 1 aromatic carbocycles. The van der Waals surface area contributed by atoms with Crippen LogP contribution in [0.25, 0.3) is 0 Å². The third-order valence-corrected chi connectivity index (χ3v) is 2.39. The molecule has 76 valence electrons. The Kier molecular flexibility index (Phi) is 2.68. The lowest BCUT2D eigenvalue weighted by molar-refractivity contribution is 0.0845. The van der Waals surface area contributed by atoms with Crippen LogP contribution in [0.15, 0.2) is 18.2 Å². The summed E-state index contributed by atoms with van der Waals surface area (Å²) < 4.78 is 17.8. The van der Waals surface area contributed by atoms with Crippen LogP contribution in [-0.2, 0) is 13.0 Å². The number of nitrogens with one attached hydrogen (secondary N) is 1. The molecule has 0 saturated heterocycles. The van der Waals surface area contributed by atoms with Crippen molar-refractivity contribution in [3.05, 3.63) is 29.3 Å². The van der Waals surface area contributed by atoms with E-state index in [0.717, 1.165) is 25.1 Å². The van der Waals surface area contributed by atoms with Crippen LogP contribution in [0, 0.1) is 0 Å². The van der Waals surface area contributed by atoms with Gasteiger partial charge in [0.2, 0.25) is 6.36 Å². The number of hydrogen-bond donors (Lipinski definition) is 1. The molecule has 3 heteroatoms. The molecule has 0 radical (unpaired) electrons. The lowest BCUT2D eigenvalue weighted by Gasteiger charge is -2.20. The summed E-state index contributed by atoms with van der Waals surface area (Å²) in [5.41, 5.74) is 2.37. The second kappa shape index (κ2) is 3.96. The fourth-order valence-corrected chi connectivity index (χ4v) is 1.77. The normalized spacial score (nSPS) is 17.3. The van der Waals surface area contributed by atoms with E-state index < -0.39 is 6.36 Å². The Balaban J connectivity index is 2.30. The Hall–Kier alpha value is -1.09. The Labute approximate surface area is 83.1 Å². The number of fused-ring (bicyclic) bond motifs is 1. The van der Waals surface area contributed by atoms with Gasteiger partial charge in [-0.15, -0.1) is 0 Å². The molecule has 0 aromatic heterocycles. The van der Waals surface area contributed by atoms with Crippen molar-refractivity contribution in [3.63, 3.8) is 0 Å². The van der Waals surface area contributed by atoms with Gasteiger partial charge in [-0.1, -0.05) is 12.1 Å². The maximum absolute atomic E-state index is 12.7. The molecule has 0 spiro atoms. The molecule has 14 heavy (non-hydrogen) atoms. The van der Waals surface area contributed by atoms with Gasteiger partial charge >= 0.3 is 0 Å². The highest BCUT2D eigenvalue weighted by molar-refractivity contribution is 5.41. The first-order valence-corrected chi connectivity index (χ1v) is 4.89. The summed E-state index contributed by atoms with van der Waals surface area (Å²) in [6, 6.07) is 5.82. The first kappa shape index (κ1) is 9.46. The zero-order chi connectivity index (χ0) is 9.97. The first-order valence-electron chi connectivity index (χ1n) is 4.89. The van der Waals surface area contributed by atoms with Crippen LogP contribution in [0.1, 0.15) is 18.1 Å². The predicted molar refractivity (Wildman–Crippen MR) is 53.1 cm³/mol. The molecular weight excluding hydrogens is 181 g/mol. The molecule has 1 aliphatic heterocycles. The van der Waals surface area contributed by atoms with Gasteiger partial charge in [-0.25, -0.2) is 4.39 Å². The van der Waals surface area contributed by atoms with Crippen molar-refractivity contribution in [2.75, 3.05) is 6.54 Å². The maximum Gasteiger partial charge on any atom is 0.235 e. The number of ether oxygens (including phenoxy) is 1. The molecule has 1 heterocycles. The Morgan fingerprint density at radius 1 is 1.50 bits per heavy atom. The summed E-state index contributed by atoms with van der Waals surface area (Å²) in [6.45, 7) is 3.16. The van der Waals surface area contributed by atoms with E-state index in [1.807, 2.05) is 12.1 Å². The molecule has 1 N–H and O–H groups in total. The summed E-state index contributed by atoms with van der Waals surface area (Å²) in [5, 5.41) is 3.25. The van der Waals surface area contributed by atoms with Gasteiger partial charge in [-0.3, -0.25) is 0 Å². The fraction of sp³-hybridized carbons (Fsp3) is 0.455. The molecule has 0 fully saturated rings.